The maximum Gasteiger partial charge on any atom is 0.257 e. The number of benzene rings is 2. The Morgan fingerprint density at radius 2 is 1.52 bits per heavy atom. The minimum atomic E-state index is -0.509. The first-order valence-corrected chi connectivity index (χ1v) is 11.2. The molecule has 2 saturated heterocycles. The van der Waals surface area contributed by atoms with E-state index in [1.165, 1.54) is 18.6 Å². The van der Waals surface area contributed by atoms with Gasteiger partial charge in [-0.3, -0.25) is 4.79 Å². The summed E-state index contributed by atoms with van der Waals surface area (Å²) in [6.45, 7) is 8.87. The molecule has 2 aromatic rings. The van der Waals surface area contributed by atoms with Gasteiger partial charge in [0.2, 0.25) is 0 Å². The molecule has 2 atom stereocenters. The summed E-state index contributed by atoms with van der Waals surface area (Å²) in [6.07, 6.45) is 3.57. The first-order valence-electron chi connectivity index (χ1n) is 11.2. The molecule has 6 heteroatoms. The molecule has 0 saturated carbocycles. The normalized spacial score (nSPS) is 22.0. The van der Waals surface area contributed by atoms with Gasteiger partial charge < -0.3 is 14.7 Å². The van der Waals surface area contributed by atoms with Gasteiger partial charge in [-0.15, -0.1) is 0 Å². The molecule has 0 bridgehead atoms. The maximum atomic E-state index is 15.0. The number of amides is 1. The van der Waals surface area contributed by atoms with E-state index in [1.807, 2.05) is 31.7 Å². The number of rotatable bonds is 3. The van der Waals surface area contributed by atoms with Crippen LogP contribution in [-0.4, -0.2) is 49.1 Å². The van der Waals surface area contributed by atoms with Crippen molar-refractivity contribution in [1.29, 1.82) is 0 Å². The van der Waals surface area contributed by atoms with Gasteiger partial charge in [0.25, 0.3) is 5.91 Å². The number of aryl methyl sites for hydroxylation is 1. The minimum absolute atomic E-state index is 0.0866. The van der Waals surface area contributed by atoms with Crippen LogP contribution in [0.5, 0.6) is 0 Å². The molecule has 0 radical (unpaired) electrons. The van der Waals surface area contributed by atoms with E-state index in [0.717, 1.165) is 37.2 Å². The Hall–Kier alpha value is -2.63. The zero-order valence-electron chi connectivity index (χ0n) is 18.6. The van der Waals surface area contributed by atoms with Crippen LogP contribution in [0.3, 0.4) is 0 Å². The SMILES string of the molecule is Cc1cc(F)c(N2CC(C)N(C(=O)c3ccccc3F)[C@H](C)C2)cc1N1CCCCC1. The summed E-state index contributed by atoms with van der Waals surface area (Å²) in [5.74, 6) is -1.05. The van der Waals surface area contributed by atoms with Crippen LogP contribution >= 0.6 is 0 Å². The van der Waals surface area contributed by atoms with Gasteiger partial charge in [0.15, 0.2) is 0 Å². The predicted molar refractivity (Wildman–Crippen MR) is 121 cm³/mol. The molecular formula is C25H31F2N3O. The molecule has 2 aliphatic rings. The first kappa shape index (κ1) is 21.6. The van der Waals surface area contributed by atoms with Crippen molar-refractivity contribution in [3.63, 3.8) is 0 Å². The van der Waals surface area contributed by atoms with Crippen LogP contribution in [0.2, 0.25) is 0 Å². The van der Waals surface area contributed by atoms with Gasteiger partial charge in [-0.05, 0) is 69.9 Å². The van der Waals surface area contributed by atoms with Crippen LogP contribution in [0.25, 0.3) is 0 Å². The highest BCUT2D eigenvalue weighted by Crippen LogP contribution is 2.33. The molecule has 0 spiro atoms. The summed E-state index contributed by atoms with van der Waals surface area (Å²) in [4.78, 5) is 19.2. The van der Waals surface area contributed by atoms with Crippen LogP contribution in [0, 0.1) is 18.6 Å². The Bertz CT molecular complexity index is 946. The van der Waals surface area contributed by atoms with Crippen molar-refractivity contribution in [3.05, 3.63) is 59.2 Å². The molecular weight excluding hydrogens is 396 g/mol. The van der Waals surface area contributed by atoms with Crippen LogP contribution in [0.1, 0.15) is 49.0 Å². The number of anilines is 2. The summed E-state index contributed by atoms with van der Waals surface area (Å²) in [7, 11) is 0. The molecule has 2 heterocycles. The lowest BCUT2D eigenvalue weighted by atomic mass is 10.0. The topological polar surface area (TPSA) is 26.8 Å². The number of halogens is 2. The molecule has 0 aliphatic carbocycles. The summed E-state index contributed by atoms with van der Waals surface area (Å²) < 4.78 is 29.2. The van der Waals surface area contributed by atoms with Crippen molar-refractivity contribution in [2.24, 2.45) is 0 Å². The van der Waals surface area contributed by atoms with Crippen LogP contribution in [0.15, 0.2) is 36.4 Å². The van der Waals surface area contributed by atoms with Crippen molar-refractivity contribution in [1.82, 2.24) is 4.90 Å². The molecule has 0 aromatic heterocycles. The zero-order chi connectivity index (χ0) is 22.1. The van der Waals surface area contributed by atoms with Gasteiger partial charge in [0.05, 0.1) is 11.3 Å². The number of piperazine rings is 1. The van der Waals surface area contributed by atoms with Gasteiger partial charge in [0.1, 0.15) is 11.6 Å². The zero-order valence-corrected chi connectivity index (χ0v) is 18.6. The van der Waals surface area contributed by atoms with Gasteiger partial charge >= 0.3 is 0 Å². The van der Waals surface area contributed by atoms with Crippen LogP contribution in [-0.2, 0) is 0 Å². The fourth-order valence-electron chi connectivity index (χ4n) is 5.06. The Kier molecular flexibility index (Phi) is 6.17. The van der Waals surface area contributed by atoms with E-state index in [2.05, 4.69) is 4.90 Å². The fourth-order valence-corrected chi connectivity index (χ4v) is 5.06. The Labute approximate surface area is 183 Å². The van der Waals surface area contributed by atoms with Gasteiger partial charge in [0, 0.05) is 44.0 Å². The van der Waals surface area contributed by atoms with Crippen molar-refractivity contribution in [2.75, 3.05) is 36.0 Å². The average molecular weight is 428 g/mol. The monoisotopic (exact) mass is 427 g/mol. The summed E-state index contributed by atoms with van der Waals surface area (Å²) in [5.41, 5.74) is 2.73. The second-order valence-corrected chi connectivity index (χ2v) is 8.93. The maximum absolute atomic E-state index is 15.0. The second kappa shape index (κ2) is 8.85. The number of piperidine rings is 1. The van der Waals surface area contributed by atoms with E-state index < -0.39 is 5.82 Å². The summed E-state index contributed by atoms with van der Waals surface area (Å²) >= 11 is 0. The molecule has 2 aromatic carbocycles. The third-order valence-corrected chi connectivity index (χ3v) is 6.56. The third kappa shape index (κ3) is 4.25. The van der Waals surface area contributed by atoms with Crippen LogP contribution < -0.4 is 9.80 Å². The van der Waals surface area contributed by atoms with E-state index in [-0.39, 0.29) is 29.4 Å². The van der Waals surface area contributed by atoms with Crippen molar-refractivity contribution in [2.45, 2.75) is 52.1 Å². The Morgan fingerprint density at radius 1 is 0.871 bits per heavy atom. The molecule has 0 N–H and O–H groups in total. The molecule has 1 amide bonds. The highest BCUT2D eigenvalue weighted by Gasteiger charge is 2.35. The molecule has 4 rings (SSSR count). The standard InChI is InChI=1S/C25H31F2N3O/c1-17-13-22(27)24(14-23(17)28-11-7-4-8-12-28)29-15-18(2)30(19(3)16-29)25(31)20-9-5-6-10-21(20)26/h5-6,9-10,13-14,18-19H,4,7-8,11-12,15-16H2,1-3H3/t18-,19?/m1/s1. The minimum Gasteiger partial charge on any atom is -0.371 e. The summed E-state index contributed by atoms with van der Waals surface area (Å²) in [5, 5.41) is 0. The molecule has 2 fully saturated rings. The van der Waals surface area contributed by atoms with Gasteiger partial charge in [-0.25, -0.2) is 8.78 Å². The molecule has 4 nitrogen and oxygen atoms in total. The van der Waals surface area contributed by atoms with E-state index >= 15 is 4.39 Å². The van der Waals surface area contributed by atoms with E-state index in [9.17, 15) is 9.18 Å². The van der Waals surface area contributed by atoms with Gasteiger partial charge in [-0.2, -0.15) is 0 Å². The van der Waals surface area contributed by atoms with E-state index in [4.69, 9.17) is 0 Å². The van der Waals surface area contributed by atoms with Gasteiger partial charge in [-0.1, -0.05) is 12.1 Å². The number of hydrogen-bond acceptors (Lipinski definition) is 3. The molecule has 2 aliphatic heterocycles. The number of carbonyl (C=O) groups excluding carboxylic acids is 1. The Balaban J connectivity index is 1.58. The smallest absolute Gasteiger partial charge is 0.257 e. The van der Waals surface area contributed by atoms with Crippen LogP contribution in [0.4, 0.5) is 20.2 Å². The first-order chi connectivity index (χ1) is 14.9. The predicted octanol–water partition coefficient (Wildman–Crippen LogP) is 5.00. The number of nitrogens with zero attached hydrogens (tertiary/aromatic N) is 3. The largest absolute Gasteiger partial charge is 0.371 e. The quantitative estimate of drug-likeness (QED) is 0.690. The molecule has 1 unspecified atom stereocenters. The number of carbonyl (C=O) groups is 1. The number of hydrogen-bond donors (Lipinski definition) is 0. The van der Waals surface area contributed by atoms with Crippen molar-refractivity contribution < 1.29 is 13.6 Å². The highest BCUT2D eigenvalue weighted by molar-refractivity contribution is 5.95. The molecule has 166 valence electrons. The molecule has 31 heavy (non-hydrogen) atoms. The lowest BCUT2D eigenvalue weighted by molar-refractivity contribution is 0.0569. The Morgan fingerprint density at radius 3 is 2.16 bits per heavy atom. The third-order valence-electron chi connectivity index (χ3n) is 6.56. The summed E-state index contributed by atoms with van der Waals surface area (Å²) in [6, 6.07) is 9.35. The van der Waals surface area contributed by atoms with E-state index in [0.29, 0.717) is 18.8 Å². The average Bonchev–Trinajstić information content (AvgIpc) is 2.74. The van der Waals surface area contributed by atoms with Crippen molar-refractivity contribution >= 4 is 17.3 Å². The second-order valence-electron chi connectivity index (χ2n) is 8.93. The lowest BCUT2D eigenvalue weighted by Crippen LogP contribution is -2.59. The van der Waals surface area contributed by atoms with Crippen molar-refractivity contribution in [3.8, 4) is 0 Å². The highest BCUT2D eigenvalue weighted by atomic mass is 19.1. The lowest BCUT2D eigenvalue weighted by Gasteiger charge is -2.45. The fraction of sp³-hybridized carbons (Fsp3) is 0.480. The van der Waals surface area contributed by atoms with E-state index in [1.54, 1.807) is 23.1 Å².